The number of amides is 3. The van der Waals surface area contributed by atoms with Crippen LogP contribution < -0.4 is 15.5 Å². The van der Waals surface area contributed by atoms with Crippen molar-refractivity contribution in [1.82, 2.24) is 10.6 Å². The van der Waals surface area contributed by atoms with E-state index < -0.39 is 11.7 Å². The van der Waals surface area contributed by atoms with E-state index in [1.165, 1.54) is 23.1 Å². The maximum atomic E-state index is 14.1. The van der Waals surface area contributed by atoms with Gasteiger partial charge in [0.1, 0.15) is 5.82 Å². The molecule has 1 aliphatic rings. The molecule has 7 heteroatoms. The summed E-state index contributed by atoms with van der Waals surface area (Å²) in [6.07, 6.45) is 0.686. The van der Waals surface area contributed by atoms with Crippen molar-refractivity contribution >= 4 is 29.0 Å². The molecule has 0 unspecified atom stereocenters. The standard InChI is InChI=1S/C17H18FN3O2S/c1-11(8-12-4-7-24-10-12)20-16(22)14-9-13(2-3-15(14)18)21-6-5-19-17(21)23/h2-4,7,9-11H,5-6,8H2,1H3,(H,19,23)(H,20,22)/t11-/m0/s1. The Bertz CT molecular complexity index is 748. The molecule has 3 rings (SSSR count). The average molecular weight is 347 g/mol. The fourth-order valence-electron chi connectivity index (χ4n) is 2.69. The number of anilines is 1. The minimum atomic E-state index is -0.599. The number of carbonyl (C=O) groups is 2. The molecule has 2 aromatic rings. The fourth-order valence-corrected chi connectivity index (χ4v) is 3.37. The lowest BCUT2D eigenvalue weighted by Gasteiger charge is -2.17. The largest absolute Gasteiger partial charge is 0.349 e. The van der Waals surface area contributed by atoms with Gasteiger partial charge in [-0.3, -0.25) is 9.69 Å². The third kappa shape index (κ3) is 3.56. The van der Waals surface area contributed by atoms with Gasteiger partial charge < -0.3 is 10.6 Å². The van der Waals surface area contributed by atoms with Gasteiger partial charge in [-0.25, -0.2) is 9.18 Å². The van der Waals surface area contributed by atoms with Crippen molar-refractivity contribution in [3.05, 3.63) is 52.0 Å². The van der Waals surface area contributed by atoms with Gasteiger partial charge in [-0.15, -0.1) is 0 Å². The smallest absolute Gasteiger partial charge is 0.321 e. The first kappa shape index (κ1) is 16.4. The molecule has 126 valence electrons. The first-order valence-electron chi connectivity index (χ1n) is 7.71. The molecule has 1 saturated heterocycles. The number of urea groups is 1. The molecule has 1 fully saturated rings. The molecule has 1 aliphatic heterocycles. The SMILES string of the molecule is C[C@@H](Cc1ccsc1)NC(=O)c1cc(N2CCNC2=O)ccc1F. The van der Waals surface area contributed by atoms with Gasteiger partial charge in [0.05, 0.1) is 5.56 Å². The first-order valence-corrected chi connectivity index (χ1v) is 8.65. The van der Waals surface area contributed by atoms with Crippen LogP contribution in [0.2, 0.25) is 0 Å². The van der Waals surface area contributed by atoms with Crippen LogP contribution in [0.3, 0.4) is 0 Å². The summed E-state index contributed by atoms with van der Waals surface area (Å²) in [5, 5.41) is 9.50. The summed E-state index contributed by atoms with van der Waals surface area (Å²) in [6, 6.07) is 5.79. The highest BCUT2D eigenvalue weighted by atomic mass is 32.1. The van der Waals surface area contributed by atoms with E-state index in [9.17, 15) is 14.0 Å². The lowest BCUT2D eigenvalue weighted by atomic mass is 10.1. The van der Waals surface area contributed by atoms with Crippen LogP contribution in [0.15, 0.2) is 35.0 Å². The summed E-state index contributed by atoms with van der Waals surface area (Å²) >= 11 is 1.60. The first-order chi connectivity index (χ1) is 11.5. The van der Waals surface area contributed by atoms with Gasteiger partial charge in [0.2, 0.25) is 0 Å². The van der Waals surface area contributed by atoms with Gasteiger partial charge in [0, 0.05) is 24.8 Å². The van der Waals surface area contributed by atoms with E-state index >= 15 is 0 Å². The average Bonchev–Trinajstić information content (AvgIpc) is 3.19. The molecule has 2 N–H and O–H groups in total. The van der Waals surface area contributed by atoms with Gasteiger partial charge in [-0.1, -0.05) is 0 Å². The highest BCUT2D eigenvalue weighted by Crippen LogP contribution is 2.21. The van der Waals surface area contributed by atoms with Crippen molar-refractivity contribution in [3.63, 3.8) is 0 Å². The lowest BCUT2D eigenvalue weighted by Crippen LogP contribution is -2.35. The Kier molecular flexibility index (Phi) is 4.80. The number of thiophene rings is 1. The predicted octanol–water partition coefficient (Wildman–Crippen LogP) is 2.78. The van der Waals surface area contributed by atoms with Gasteiger partial charge >= 0.3 is 6.03 Å². The minimum Gasteiger partial charge on any atom is -0.349 e. The lowest BCUT2D eigenvalue weighted by molar-refractivity contribution is 0.0936. The molecule has 0 saturated carbocycles. The van der Waals surface area contributed by atoms with E-state index in [1.54, 1.807) is 11.3 Å². The van der Waals surface area contributed by atoms with E-state index in [1.807, 2.05) is 23.8 Å². The quantitative estimate of drug-likeness (QED) is 0.874. The Labute approximate surface area is 143 Å². The van der Waals surface area contributed by atoms with Crippen molar-refractivity contribution in [1.29, 1.82) is 0 Å². The van der Waals surface area contributed by atoms with Crippen LogP contribution in [-0.2, 0) is 6.42 Å². The molecule has 1 atom stereocenters. The van der Waals surface area contributed by atoms with Crippen molar-refractivity contribution in [2.45, 2.75) is 19.4 Å². The van der Waals surface area contributed by atoms with Gasteiger partial charge in [0.25, 0.3) is 5.91 Å². The molecule has 3 amide bonds. The van der Waals surface area contributed by atoms with Gasteiger partial charge in [-0.05, 0) is 53.9 Å². The molecular weight excluding hydrogens is 329 g/mol. The molecule has 0 radical (unpaired) electrons. The van der Waals surface area contributed by atoms with Crippen LogP contribution in [0, 0.1) is 5.82 Å². The Morgan fingerprint density at radius 2 is 2.29 bits per heavy atom. The normalized spacial score (nSPS) is 15.2. The molecule has 1 aromatic carbocycles. The molecule has 0 aliphatic carbocycles. The fraction of sp³-hybridized carbons (Fsp3) is 0.294. The number of rotatable bonds is 5. The van der Waals surface area contributed by atoms with Gasteiger partial charge in [-0.2, -0.15) is 11.3 Å². The van der Waals surface area contributed by atoms with Crippen LogP contribution in [0.4, 0.5) is 14.9 Å². The number of carbonyl (C=O) groups excluding carboxylic acids is 2. The van der Waals surface area contributed by atoms with Crippen LogP contribution >= 0.6 is 11.3 Å². The van der Waals surface area contributed by atoms with E-state index in [-0.39, 0.29) is 17.6 Å². The van der Waals surface area contributed by atoms with Crippen LogP contribution in [-0.4, -0.2) is 31.1 Å². The maximum Gasteiger partial charge on any atom is 0.321 e. The van der Waals surface area contributed by atoms with Gasteiger partial charge in [0.15, 0.2) is 0 Å². The summed E-state index contributed by atoms with van der Waals surface area (Å²) in [5.41, 5.74) is 1.60. The topological polar surface area (TPSA) is 61.4 Å². The summed E-state index contributed by atoms with van der Waals surface area (Å²) in [5.74, 6) is -1.07. The number of hydrogen-bond donors (Lipinski definition) is 2. The predicted molar refractivity (Wildman–Crippen MR) is 92.1 cm³/mol. The molecule has 1 aromatic heterocycles. The second kappa shape index (κ2) is 7.00. The van der Waals surface area contributed by atoms with Crippen molar-refractivity contribution < 1.29 is 14.0 Å². The van der Waals surface area contributed by atoms with E-state index in [0.29, 0.717) is 25.2 Å². The zero-order valence-corrected chi connectivity index (χ0v) is 14.0. The summed E-state index contributed by atoms with van der Waals surface area (Å²) in [6.45, 7) is 2.92. The molecule has 24 heavy (non-hydrogen) atoms. The summed E-state index contributed by atoms with van der Waals surface area (Å²) in [4.78, 5) is 25.6. The number of nitrogens with one attached hydrogen (secondary N) is 2. The molecule has 2 heterocycles. The molecular formula is C17H18FN3O2S. The van der Waals surface area contributed by atoms with E-state index in [2.05, 4.69) is 10.6 Å². The van der Waals surface area contributed by atoms with Crippen LogP contribution in [0.1, 0.15) is 22.8 Å². The Hall–Kier alpha value is -2.41. The Morgan fingerprint density at radius 1 is 1.46 bits per heavy atom. The zero-order valence-electron chi connectivity index (χ0n) is 13.2. The van der Waals surface area contributed by atoms with Crippen LogP contribution in [0.25, 0.3) is 0 Å². The third-order valence-corrected chi connectivity index (χ3v) is 4.59. The number of hydrogen-bond acceptors (Lipinski definition) is 3. The number of nitrogens with zero attached hydrogens (tertiary/aromatic N) is 1. The molecule has 0 spiro atoms. The summed E-state index contributed by atoms with van der Waals surface area (Å²) in [7, 11) is 0. The molecule has 5 nitrogen and oxygen atoms in total. The Balaban J connectivity index is 1.72. The van der Waals surface area contributed by atoms with Crippen molar-refractivity contribution in [2.24, 2.45) is 0 Å². The van der Waals surface area contributed by atoms with E-state index in [0.717, 1.165) is 5.56 Å². The second-order valence-corrected chi connectivity index (χ2v) is 6.54. The number of halogens is 1. The second-order valence-electron chi connectivity index (χ2n) is 5.76. The zero-order chi connectivity index (χ0) is 17.1. The van der Waals surface area contributed by atoms with Crippen molar-refractivity contribution in [3.8, 4) is 0 Å². The minimum absolute atomic E-state index is 0.0515. The maximum absolute atomic E-state index is 14.1. The number of benzene rings is 1. The molecule has 0 bridgehead atoms. The highest BCUT2D eigenvalue weighted by Gasteiger charge is 2.23. The van der Waals surface area contributed by atoms with Crippen molar-refractivity contribution in [2.75, 3.05) is 18.0 Å². The van der Waals surface area contributed by atoms with Crippen LogP contribution in [0.5, 0.6) is 0 Å². The van der Waals surface area contributed by atoms with E-state index in [4.69, 9.17) is 0 Å². The highest BCUT2D eigenvalue weighted by molar-refractivity contribution is 7.07. The monoisotopic (exact) mass is 347 g/mol. The Morgan fingerprint density at radius 3 is 2.96 bits per heavy atom. The third-order valence-electron chi connectivity index (χ3n) is 3.86. The summed E-state index contributed by atoms with van der Waals surface area (Å²) < 4.78 is 14.1.